The van der Waals surface area contributed by atoms with Crippen molar-refractivity contribution >= 4 is 11.6 Å². The van der Waals surface area contributed by atoms with Crippen LogP contribution in [0.5, 0.6) is 0 Å². The zero-order valence-corrected chi connectivity index (χ0v) is 13.2. The molecule has 2 unspecified atom stereocenters. The van der Waals surface area contributed by atoms with Gasteiger partial charge in [0.05, 0.1) is 17.0 Å². The summed E-state index contributed by atoms with van der Waals surface area (Å²) in [7, 11) is 1.66. The first-order chi connectivity index (χ1) is 9.55. The minimum absolute atomic E-state index is 0.0142. The number of nitro groups is 1. The number of nitrogens with zero attached hydrogens (tertiary/aromatic N) is 2. The van der Waals surface area contributed by atoms with Gasteiger partial charge in [-0.25, -0.2) is 0 Å². The molecular formula is C15H23N3O3. The SMILES string of the molecule is CC(c1cccc([N+](=O)[O-])c1)N(C)C(=O)C(N)C(C)(C)C. The summed E-state index contributed by atoms with van der Waals surface area (Å²) in [6.45, 7) is 7.54. The van der Waals surface area contributed by atoms with Crippen LogP contribution < -0.4 is 5.73 Å². The third-order valence-electron chi connectivity index (χ3n) is 3.69. The van der Waals surface area contributed by atoms with Gasteiger partial charge in [-0.05, 0) is 17.9 Å². The van der Waals surface area contributed by atoms with E-state index in [1.807, 2.05) is 27.7 Å². The third-order valence-corrected chi connectivity index (χ3v) is 3.69. The maximum Gasteiger partial charge on any atom is 0.269 e. The summed E-state index contributed by atoms with van der Waals surface area (Å²) < 4.78 is 0. The van der Waals surface area contributed by atoms with Crippen molar-refractivity contribution in [2.45, 2.75) is 39.8 Å². The molecule has 0 aromatic heterocycles. The van der Waals surface area contributed by atoms with Crippen molar-refractivity contribution in [3.8, 4) is 0 Å². The Morgan fingerprint density at radius 1 is 1.38 bits per heavy atom. The number of amides is 1. The summed E-state index contributed by atoms with van der Waals surface area (Å²) in [5.74, 6) is -0.179. The molecule has 6 heteroatoms. The van der Waals surface area contributed by atoms with E-state index in [9.17, 15) is 14.9 Å². The Balaban J connectivity index is 2.97. The molecule has 0 fully saturated rings. The van der Waals surface area contributed by atoms with E-state index in [1.165, 1.54) is 17.0 Å². The van der Waals surface area contributed by atoms with E-state index in [0.29, 0.717) is 5.56 Å². The van der Waals surface area contributed by atoms with E-state index in [1.54, 1.807) is 19.2 Å². The van der Waals surface area contributed by atoms with Crippen molar-refractivity contribution in [1.82, 2.24) is 4.90 Å². The summed E-state index contributed by atoms with van der Waals surface area (Å²) in [6.07, 6.45) is 0. The average molecular weight is 293 g/mol. The quantitative estimate of drug-likeness (QED) is 0.682. The number of nitrogens with two attached hydrogens (primary N) is 1. The molecule has 0 radical (unpaired) electrons. The summed E-state index contributed by atoms with van der Waals surface area (Å²) in [5, 5.41) is 10.8. The molecule has 1 aromatic carbocycles. The Bertz CT molecular complexity index is 537. The molecule has 0 spiro atoms. The Hall–Kier alpha value is -1.95. The van der Waals surface area contributed by atoms with Crippen molar-refractivity contribution in [2.24, 2.45) is 11.1 Å². The van der Waals surface area contributed by atoms with Crippen LogP contribution in [0.2, 0.25) is 0 Å². The van der Waals surface area contributed by atoms with Gasteiger partial charge in [-0.2, -0.15) is 0 Å². The molecule has 0 aliphatic carbocycles. The molecule has 1 rings (SSSR count). The second kappa shape index (κ2) is 6.22. The minimum Gasteiger partial charge on any atom is -0.338 e. The first-order valence-electron chi connectivity index (χ1n) is 6.82. The summed E-state index contributed by atoms with van der Waals surface area (Å²) in [5.41, 5.74) is 6.37. The van der Waals surface area contributed by atoms with Gasteiger partial charge in [0.2, 0.25) is 5.91 Å². The van der Waals surface area contributed by atoms with Crippen LogP contribution in [0.15, 0.2) is 24.3 Å². The minimum atomic E-state index is -0.622. The largest absolute Gasteiger partial charge is 0.338 e. The fourth-order valence-corrected chi connectivity index (χ4v) is 1.90. The number of nitro benzene ring substituents is 1. The van der Waals surface area contributed by atoms with Crippen LogP contribution in [0.4, 0.5) is 5.69 Å². The molecule has 2 atom stereocenters. The highest BCUT2D eigenvalue weighted by molar-refractivity contribution is 5.82. The van der Waals surface area contributed by atoms with Crippen LogP contribution in [-0.2, 0) is 4.79 Å². The highest BCUT2D eigenvalue weighted by Gasteiger charge is 2.31. The summed E-state index contributed by atoms with van der Waals surface area (Å²) in [4.78, 5) is 24.3. The third kappa shape index (κ3) is 4.01. The zero-order valence-electron chi connectivity index (χ0n) is 13.2. The van der Waals surface area contributed by atoms with Crippen LogP contribution in [0, 0.1) is 15.5 Å². The van der Waals surface area contributed by atoms with Crippen LogP contribution in [0.3, 0.4) is 0 Å². The fourth-order valence-electron chi connectivity index (χ4n) is 1.90. The van der Waals surface area contributed by atoms with Gasteiger partial charge in [-0.3, -0.25) is 14.9 Å². The number of hydrogen-bond donors (Lipinski definition) is 1. The first kappa shape index (κ1) is 17.1. The van der Waals surface area contributed by atoms with E-state index in [4.69, 9.17) is 5.73 Å². The normalized spacial score (nSPS) is 14.4. The van der Waals surface area contributed by atoms with Gasteiger partial charge in [0.1, 0.15) is 0 Å². The van der Waals surface area contributed by atoms with Crippen LogP contribution in [0.1, 0.15) is 39.3 Å². The lowest BCUT2D eigenvalue weighted by atomic mass is 9.86. The summed E-state index contributed by atoms with van der Waals surface area (Å²) in [6, 6.07) is 5.39. The molecule has 1 aromatic rings. The van der Waals surface area contributed by atoms with Crippen molar-refractivity contribution in [3.63, 3.8) is 0 Å². The predicted molar refractivity (Wildman–Crippen MR) is 81.7 cm³/mol. The number of benzene rings is 1. The van der Waals surface area contributed by atoms with Crippen LogP contribution in [0.25, 0.3) is 0 Å². The standard InChI is InChI=1S/C15H23N3O3/c1-10(11-7-6-8-12(9-11)18(20)21)17(5)14(19)13(16)15(2,3)4/h6-10,13H,16H2,1-5H3. The molecule has 0 aliphatic rings. The van der Waals surface area contributed by atoms with E-state index in [0.717, 1.165) is 0 Å². The maximum atomic E-state index is 12.4. The lowest BCUT2D eigenvalue weighted by molar-refractivity contribution is -0.384. The lowest BCUT2D eigenvalue weighted by Gasteiger charge is -2.33. The van der Waals surface area contributed by atoms with Gasteiger partial charge in [-0.1, -0.05) is 32.9 Å². The number of carbonyl (C=O) groups is 1. The number of likely N-dealkylation sites (N-methyl/N-ethyl adjacent to an activating group) is 1. The van der Waals surface area contributed by atoms with E-state index in [2.05, 4.69) is 0 Å². The lowest BCUT2D eigenvalue weighted by Crippen LogP contribution is -2.49. The predicted octanol–water partition coefficient (Wildman–Crippen LogP) is 2.49. The second-order valence-electron chi connectivity index (χ2n) is 6.32. The second-order valence-corrected chi connectivity index (χ2v) is 6.32. The number of hydrogen-bond acceptors (Lipinski definition) is 4. The van der Waals surface area contributed by atoms with Crippen molar-refractivity contribution < 1.29 is 9.72 Å². The number of rotatable bonds is 4. The molecule has 0 aliphatic heterocycles. The molecule has 0 heterocycles. The molecule has 1 amide bonds. The molecular weight excluding hydrogens is 270 g/mol. The van der Waals surface area contributed by atoms with Gasteiger partial charge < -0.3 is 10.6 Å². The molecule has 0 bridgehead atoms. The molecule has 0 saturated carbocycles. The Kier molecular flexibility index (Phi) is 5.06. The van der Waals surface area contributed by atoms with Crippen molar-refractivity contribution in [1.29, 1.82) is 0 Å². The zero-order chi connectivity index (χ0) is 16.4. The molecule has 116 valence electrons. The highest BCUT2D eigenvalue weighted by atomic mass is 16.6. The van der Waals surface area contributed by atoms with Gasteiger partial charge in [0.25, 0.3) is 5.69 Å². The van der Waals surface area contributed by atoms with Crippen molar-refractivity contribution in [3.05, 3.63) is 39.9 Å². The fraction of sp³-hybridized carbons (Fsp3) is 0.533. The molecule has 6 nitrogen and oxygen atoms in total. The number of non-ortho nitro benzene ring substituents is 1. The summed E-state index contributed by atoms with van der Waals surface area (Å²) >= 11 is 0. The monoisotopic (exact) mass is 293 g/mol. The van der Waals surface area contributed by atoms with Crippen LogP contribution >= 0.6 is 0 Å². The Morgan fingerprint density at radius 3 is 2.43 bits per heavy atom. The maximum absolute atomic E-state index is 12.4. The molecule has 2 N–H and O–H groups in total. The van der Waals surface area contributed by atoms with Gasteiger partial charge in [0.15, 0.2) is 0 Å². The Morgan fingerprint density at radius 2 is 1.95 bits per heavy atom. The van der Waals surface area contributed by atoms with E-state index >= 15 is 0 Å². The highest BCUT2D eigenvalue weighted by Crippen LogP contribution is 2.26. The first-order valence-corrected chi connectivity index (χ1v) is 6.82. The molecule has 0 saturated heterocycles. The topological polar surface area (TPSA) is 89.5 Å². The van der Waals surface area contributed by atoms with Crippen LogP contribution in [-0.4, -0.2) is 28.8 Å². The number of carbonyl (C=O) groups excluding carboxylic acids is 1. The van der Waals surface area contributed by atoms with E-state index < -0.39 is 11.0 Å². The van der Waals surface area contributed by atoms with E-state index in [-0.39, 0.29) is 23.1 Å². The molecule has 21 heavy (non-hydrogen) atoms. The van der Waals surface area contributed by atoms with Gasteiger partial charge in [0, 0.05) is 19.2 Å². The van der Waals surface area contributed by atoms with Gasteiger partial charge >= 0.3 is 0 Å². The smallest absolute Gasteiger partial charge is 0.269 e. The Labute approximate surface area is 125 Å². The average Bonchev–Trinajstić information content (AvgIpc) is 2.43. The van der Waals surface area contributed by atoms with Gasteiger partial charge in [-0.15, -0.1) is 0 Å². The van der Waals surface area contributed by atoms with Crippen molar-refractivity contribution in [2.75, 3.05) is 7.05 Å².